The Kier molecular flexibility index (Phi) is 4.58. The number of carbonyl (C=O) groups excluding carboxylic acids is 1. The van der Waals surface area contributed by atoms with Gasteiger partial charge >= 0.3 is 0 Å². The summed E-state index contributed by atoms with van der Waals surface area (Å²) in [7, 11) is 5.94. The van der Waals surface area contributed by atoms with E-state index in [1.807, 2.05) is 30.9 Å². The monoisotopic (exact) mass is 305 g/mol. The van der Waals surface area contributed by atoms with E-state index >= 15 is 0 Å². The average Bonchev–Trinajstić information content (AvgIpc) is 2.79. The van der Waals surface area contributed by atoms with E-state index in [2.05, 4.69) is 35.6 Å². The topological polar surface area (TPSA) is 52.6 Å². The molecule has 6 nitrogen and oxygen atoms in total. The summed E-state index contributed by atoms with van der Waals surface area (Å²) in [6, 6.07) is 0. The molecule has 0 aromatic carbocycles. The van der Waals surface area contributed by atoms with Gasteiger partial charge in [-0.15, -0.1) is 0 Å². The summed E-state index contributed by atoms with van der Waals surface area (Å²) in [5.41, 5.74) is -0.105. The van der Waals surface area contributed by atoms with E-state index in [-0.39, 0.29) is 11.4 Å². The Hall–Kier alpha value is -1.85. The number of likely N-dealkylation sites (tertiary alicyclic amines) is 1. The van der Waals surface area contributed by atoms with Crippen molar-refractivity contribution in [3.63, 3.8) is 0 Å². The van der Waals surface area contributed by atoms with Gasteiger partial charge in [0.1, 0.15) is 0 Å². The molecule has 0 radical (unpaired) electrons. The fraction of sp³-hybridized carbons (Fsp3) is 0.688. The Morgan fingerprint density at radius 2 is 1.77 bits per heavy atom. The predicted octanol–water partition coefficient (Wildman–Crippen LogP) is 1.63. The number of hydrogen-bond donors (Lipinski definition) is 0. The average molecular weight is 305 g/mol. The van der Waals surface area contributed by atoms with Crippen LogP contribution in [0.5, 0.6) is 0 Å². The van der Waals surface area contributed by atoms with Gasteiger partial charge < -0.3 is 14.7 Å². The molecule has 2 rings (SSSR count). The van der Waals surface area contributed by atoms with Crippen LogP contribution in [0, 0.1) is 5.92 Å². The first kappa shape index (κ1) is 16.5. The molecule has 22 heavy (non-hydrogen) atoms. The first-order valence-electron chi connectivity index (χ1n) is 7.70. The maximum Gasteiger partial charge on any atom is 0.223 e. The molecule has 1 unspecified atom stereocenters. The third-order valence-electron chi connectivity index (χ3n) is 3.99. The van der Waals surface area contributed by atoms with Crippen LogP contribution in [0.4, 0.5) is 11.6 Å². The van der Waals surface area contributed by atoms with E-state index in [4.69, 9.17) is 0 Å². The summed E-state index contributed by atoms with van der Waals surface area (Å²) in [5.74, 6) is 2.28. The summed E-state index contributed by atoms with van der Waals surface area (Å²) in [5, 5.41) is 0. The van der Waals surface area contributed by atoms with Gasteiger partial charge in [0.15, 0.2) is 11.6 Å². The van der Waals surface area contributed by atoms with E-state index in [1.54, 1.807) is 12.4 Å². The van der Waals surface area contributed by atoms with Gasteiger partial charge in [-0.1, -0.05) is 0 Å². The van der Waals surface area contributed by atoms with Gasteiger partial charge in [-0.25, -0.2) is 9.97 Å². The second kappa shape index (κ2) is 6.10. The van der Waals surface area contributed by atoms with Crippen LogP contribution in [0.1, 0.15) is 27.2 Å². The van der Waals surface area contributed by atoms with Crippen molar-refractivity contribution >= 4 is 17.5 Å². The first-order valence-corrected chi connectivity index (χ1v) is 7.70. The minimum atomic E-state index is -0.105. The summed E-state index contributed by atoms with van der Waals surface area (Å²) < 4.78 is 0. The van der Waals surface area contributed by atoms with Gasteiger partial charge in [0, 0.05) is 64.5 Å². The Balaban J connectivity index is 2.08. The quantitative estimate of drug-likeness (QED) is 0.846. The summed E-state index contributed by atoms with van der Waals surface area (Å²) in [6.45, 7) is 7.87. The molecule has 0 spiro atoms. The van der Waals surface area contributed by atoms with Gasteiger partial charge in [-0.2, -0.15) is 0 Å². The van der Waals surface area contributed by atoms with Crippen LogP contribution in [0.25, 0.3) is 0 Å². The molecule has 1 aromatic rings. The lowest BCUT2D eigenvalue weighted by Crippen LogP contribution is -2.42. The molecule has 1 atom stereocenters. The molecule has 1 saturated heterocycles. The van der Waals surface area contributed by atoms with Crippen LogP contribution in [-0.2, 0) is 4.79 Å². The van der Waals surface area contributed by atoms with Crippen LogP contribution >= 0.6 is 0 Å². The minimum absolute atomic E-state index is 0.105. The van der Waals surface area contributed by atoms with Crippen molar-refractivity contribution in [1.29, 1.82) is 0 Å². The van der Waals surface area contributed by atoms with Gasteiger partial charge in [0.25, 0.3) is 0 Å². The van der Waals surface area contributed by atoms with E-state index in [9.17, 15) is 4.79 Å². The van der Waals surface area contributed by atoms with Crippen molar-refractivity contribution in [2.75, 3.05) is 44.0 Å². The van der Waals surface area contributed by atoms with Crippen LogP contribution in [0.2, 0.25) is 0 Å². The lowest BCUT2D eigenvalue weighted by molar-refractivity contribution is -0.131. The van der Waals surface area contributed by atoms with E-state index in [0.717, 1.165) is 24.7 Å². The lowest BCUT2D eigenvalue weighted by atomic mass is 10.1. The third-order valence-corrected chi connectivity index (χ3v) is 3.99. The Morgan fingerprint density at radius 1 is 1.18 bits per heavy atom. The fourth-order valence-electron chi connectivity index (χ4n) is 2.93. The molecule has 0 N–H and O–H groups in total. The van der Waals surface area contributed by atoms with Crippen molar-refractivity contribution in [3.05, 3.63) is 12.4 Å². The van der Waals surface area contributed by atoms with Gasteiger partial charge in [0.05, 0.1) is 0 Å². The molecule has 122 valence electrons. The molecule has 1 amide bonds. The van der Waals surface area contributed by atoms with Crippen molar-refractivity contribution in [1.82, 2.24) is 14.9 Å². The van der Waals surface area contributed by atoms with Crippen molar-refractivity contribution in [3.8, 4) is 0 Å². The number of amides is 1. The second-order valence-corrected chi connectivity index (χ2v) is 7.22. The normalized spacial score (nSPS) is 18.7. The zero-order valence-electron chi connectivity index (χ0n) is 14.5. The maximum atomic E-state index is 12.2. The molecular weight excluding hydrogens is 278 g/mol. The zero-order chi connectivity index (χ0) is 16.5. The first-order chi connectivity index (χ1) is 10.2. The lowest BCUT2D eigenvalue weighted by Gasteiger charge is -2.32. The number of nitrogens with zero attached hydrogens (tertiary/aromatic N) is 5. The number of aromatic nitrogens is 2. The van der Waals surface area contributed by atoms with Gasteiger partial charge in [-0.05, 0) is 20.8 Å². The Bertz CT molecular complexity index is 538. The highest BCUT2D eigenvalue weighted by Crippen LogP contribution is 2.28. The molecule has 0 saturated carbocycles. The number of carbonyl (C=O) groups is 1. The molecule has 1 aliphatic heterocycles. The highest BCUT2D eigenvalue weighted by Gasteiger charge is 2.36. The van der Waals surface area contributed by atoms with Crippen molar-refractivity contribution < 1.29 is 4.79 Å². The molecule has 1 aliphatic rings. The number of rotatable bonds is 4. The molecule has 0 bridgehead atoms. The van der Waals surface area contributed by atoms with E-state index in [0.29, 0.717) is 12.3 Å². The van der Waals surface area contributed by atoms with Crippen molar-refractivity contribution in [2.24, 2.45) is 5.92 Å². The molecule has 1 fully saturated rings. The summed E-state index contributed by atoms with van der Waals surface area (Å²) in [4.78, 5) is 27.1. The molecule has 1 aromatic heterocycles. The largest absolute Gasteiger partial charge is 0.360 e. The Labute approximate surface area is 133 Å². The maximum absolute atomic E-state index is 12.2. The number of hydrogen-bond acceptors (Lipinski definition) is 5. The summed E-state index contributed by atoms with van der Waals surface area (Å²) in [6.07, 6.45) is 4.02. The molecule has 2 heterocycles. The molecule has 0 aliphatic carbocycles. The van der Waals surface area contributed by atoms with E-state index < -0.39 is 0 Å². The molecule has 6 heteroatoms. The highest BCUT2D eigenvalue weighted by molar-refractivity contribution is 5.79. The standard InChI is InChI=1S/C16H27N5O/c1-16(2,3)21-11-12(9-13(21)22)10-20(6)15-14(19(4)5)17-7-8-18-15/h7-8,12H,9-11H2,1-6H3. The SMILES string of the molecule is CN(C)c1nccnc1N(C)CC1CC(=O)N(C(C)(C)C)C1. The Morgan fingerprint density at radius 3 is 2.27 bits per heavy atom. The second-order valence-electron chi connectivity index (χ2n) is 7.22. The molecular formula is C16H27N5O. The highest BCUT2D eigenvalue weighted by atomic mass is 16.2. The predicted molar refractivity (Wildman–Crippen MR) is 89.2 cm³/mol. The minimum Gasteiger partial charge on any atom is -0.360 e. The summed E-state index contributed by atoms with van der Waals surface area (Å²) >= 11 is 0. The number of anilines is 2. The van der Waals surface area contributed by atoms with Crippen LogP contribution in [0.3, 0.4) is 0 Å². The van der Waals surface area contributed by atoms with Crippen molar-refractivity contribution in [2.45, 2.75) is 32.7 Å². The van der Waals surface area contributed by atoms with Crippen LogP contribution in [-0.4, -0.2) is 60.5 Å². The smallest absolute Gasteiger partial charge is 0.223 e. The third kappa shape index (κ3) is 3.48. The zero-order valence-corrected chi connectivity index (χ0v) is 14.5. The fourth-order valence-corrected chi connectivity index (χ4v) is 2.93. The van der Waals surface area contributed by atoms with Crippen LogP contribution in [0.15, 0.2) is 12.4 Å². The van der Waals surface area contributed by atoms with Gasteiger partial charge in [0.2, 0.25) is 5.91 Å². The van der Waals surface area contributed by atoms with Gasteiger partial charge in [-0.3, -0.25) is 4.79 Å². The van der Waals surface area contributed by atoms with E-state index in [1.165, 1.54) is 0 Å². The van der Waals surface area contributed by atoms with Crippen LogP contribution < -0.4 is 9.80 Å².